The van der Waals surface area contributed by atoms with Crippen molar-refractivity contribution in [2.75, 3.05) is 20.2 Å². The summed E-state index contributed by atoms with van der Waals surface area (Å²) >= 11 is 0. The summed E-state index contributed by atoms with van der Waals surface area (Å²) in [6.45, 7) is 5.48. The summed E-state index contributed by atoms with van der Waals surface area (Å²) < 4.78 is 33.9. The predicted octanol–water partition coefficient (Wildman–Crippen LogP) is 4.70. The van der Waals surface area contributed by atoms with Crippen molar-refractivity contribution >= 4 is 21.8 Å². The van der Waals surface area contributed by atoms with E-state index in [2.05, 4.69) is 41.3 Å². The predicted molar refractivity (Wildman–Crippen MR) is 154 cm³/mol. The lowest BCUT2D eigenvalue weighted by Gasteiger charge is -2.28. The third-order valence-corrected chi connectivity index (χ3v) is 8.93. The largest absolute Gasteiger partial charge is 0.494 e. The molecule has 0 bridgehead atoms. The molecule has 4 rings (SSSR count). The summed E-state index contributed by atoms with van der Waals surface area (Å²) in [5, 5.41) is 19.0. The van der Waals surface area contributed by atoms with Crippen LogP contribution in [0.2, 0.25) is 0 Å². The highest BCUT2D eigenvalue weighted by atomic mass is 32.2. The molecule has 2 aromatic carbocycles. The molecule has 1 heterocycles. The summed E-state index contributed by atoms with van der Waals surface area (Å²) in [7, 11) is 0.347. The van der Waals surface area contributed by atoms with E-state index in [1.807, 2.05) is 13.8 Å². The number of fused-ring (bicyclic) bond motifs is 1. The van der Waals surface area contributed by atoms with E-state index in [4.69, 9.17) is 24.5 Å². The minimum absolute atomic E-state index is 0.0551. The van der Waals surface area contributed by atoms with Gasteiger partial charge in [-0.25, -0.2) is 18.0 Å². The van der Waals surface area contributed by atoms with Crippen LogP contribution in [0.15, 0.2) is 64.5 Å². The highest BCUT2D eigenvalue weighted by Gasteiger charge is 2.26. The van der Waals surface area contributed by atoms with Crippen LogP contribution in [-0.4, -0.2) is 65.4 Å². The zero-order valence-electron chi connectivity index (χ0n) is 24.0. The Balaban J connectivity index is 0.000000696. The Morgan fingerprint density at radius 3 is 2.37 bits per heavy atom. The quantitative estimate of drug-likeness (QED) is 0.208. The molecule has 1 aliphatic carbocycles. The number of nitrogens with zero attached hydrogens (tertiary/aromatic N) is 3. The lowest BCUT2D eigenvalue weighted by atomic mass is 9.98. The van der Waals surface area contributed by atoms with Crippen LogP contribution in [0.5, 0.6) is 5.75 Å². The van der Waals surface area contributed by atoms with Crippen molar-refractivity contribution in [3.05, 3.63) is 71.5 Å². The monoisotopic (exact) mass is 585 g/mol. The van der Waals surface area contributed by atoms with Gasteiger partial charge in [0.15, 0.2) is 0 Å². The first kappa shape index (κ1) is 31.8. The maximum absolute atomic E-state index is 13.2. The van der Waals surface area contributed by atoms with E-state index in [0.29, 0.717) is 24.1 Å². The molecular weight excluding hydrogens is 546 g/mol. The number of hydrogen-bond donors (Lipinski definition) is 2. The molecule has 0 radical (unpaired) electrons. The average molecular weight is 586 g/mol. The van der Waals surface area contributed by atoms with Crippen molar-refractivity contribution in [1.82, 2.24) is 14.7 Å². The summed E-state index contributed by atoms with van der Waals surface area (Å²) in [6.07, 6.45) is 7.23. The molecular formula is C30H39N3O7S. The van der Waals surface area contributed by atoms with Crippen LogP contribution >= 0.6 is 0 Å². The summed E-state index contributed by atoms with van der Waals surface area (Å²) in [5.41, 5.74) is 3.67. The summed E-state index contributed by atoms with van der Waals surface area (Å²) in [4.78, 5) is 21.2. The van der Waals surface area contributed by atoms with Crippen LogP contribution < -0.4 is 4.74 Å². The van der Waals surface area contributed by atoms with E-state index >= 15 is 0 Å². The van der Waals surface area contributed by atoms with Gasteiger partial charge < -0.3 is 14.9 Å². The van der Waals surface area contributed by atoms with E-state index in [-0.39, 0.29) is 15.7 Å². The van der Waals surface area contributed by atoms with Crippen LogP contribution in [0.25, 0.3) is 0 Å². The number of rotatable bonds is 9. The van der Waals surface area contributed by atoms with Gasteiger partial charge in [0.2, 0.25) is 9.84 Å². The van der Waals surface area contributed by atoms with Gasteiger partial charge in [0.1, 0.15) is 10.6 Å². The minimum Gasteiger partial charge on any atom is -0.494 e. The van der Waals surface area contributed by atoms with Crippen LogP contribution in [0.4, 0.5) is 0 Å². The first-order valence-corrected chi connectivity index (χ1v) is 15.2. The van der Waals surface area contributed by atoms with Gasteiger partial charge >= 0.3 is 11.9 Å². The fraction of sp³-hybridized carbons (Fsp3) is 0.433. The smallest absolute Gasteiger partial charge is 0.414 e. The van der Waals surface area contributed by atoms with Crippen molar-refractivity contribution in [3.63, 3.8) is 0 Å². The molecule has 1 aliphatic rings. The highest BCUT2D eigenvalue weighted by molar-refractivity contribution is 7.91. The molecule has 0 spiro atoms. The lowest BCUT2D eigenvalue weighted by Crippen LogP contribution is -2.27. The molecule has 11 heteroatoms. The number of carboxylic acids is 2. The average Bonchev–Trinajstić information content (AvgIpc) is 3.21. The first-order valence-electron chi connectivity index (χ1n) is 13.7. The Hall–Kier alpha value is -3.70. The molecule has 1 aromatic heterocycles. The maximum Gasteiger partial charge on any atom is 0.414 e. The molecule has 1 atom stereocenters. The van der Waals surface area contributed by atoms with Crippen molar-refractivity contribution in [3.8, 4) is 5.75 Å². The van der Waals surface area contributed by atoms with E-state index in [1.165, 1.54) is 43.0 Å². The number of aromatic nitrogens is 2. The second-order valence-electron chi connectivity index (χ2n) is 10.4. The lowest BCUT2D eigenvalue weighted by molar-refractivity contribution is -0.159. The first-order chi connectivity index (χ1) is 19.4. The zero-order chi connectivity index (χ0) is 30.2. The number of ether oxygens (including phenoxy) is 1. The topological polar surface area (TPSA) is 139 Å². The van der Waals surface area contributed by atoms with Gasteiger partial charge in [-0.1, -0.05) is 44.5 Å². The standard InChI is InChI=1S/C28H37N3O3S.C2H2O4/c1-21(2)28-27(20-29-31(28)4)35(32,33)24-16-14-23(15-17-24)34-19-9-18-30(3)26-13-8-6-11-22-10-5-7-12-25(22)26;3-1(4)2(5)6/h5,7,10,12,14-17,20-21,26H,6,8-9,11,13,18-19H2,1-4H3;(H,3,4)(H,5,6). The van der Waals surface area contributed by atoms with E-state index in [1.54, 1.807) is 36.0 Å². The SMILES string of the molecule is CC(C)c1c(S(=O)(=O)c2ccc(OCCCN(C)C3CCCCc4ccccc43)cc2)cnn1C.O=C(O)C(=O)O. The molecule has 222 valence electrons. The Morgan fingerprint density at radius 2 is 1.73 bits per heavy atom. The van der Waals surface area contributed by atoms with Gasteiger partial charge in [0, 0.05) is 19.6 Å². The minimum atomic E-state index is -3.63. The van der Waals surface area contributed by atoms with Crippen LogP contribution in [0.1, 0.15) is 68.3 Å². The Morgan fingerprint density at radius 1 is 1.07 bits per heavy atom. The van der Waals surface area contributed by atoms with Crippen LogP contribution in [-0.2, 0) is 32.9 Å². The van der Waals surface area contributed by atoms with Gasteiger partial charge in [-0.15, -0.1) is 0 Å². The van der Waals surface area contributed by atoms with E-state index in [0.717, 1.165) is 13.0 Å². The van der Waals surface area contributed by atoms with Gasteiger partial charge in [-0.2, -0.15) is 5.10 Å². The number of aryl methyl sites for hydroxylation is 2. The van der Waals surface area contributed by atoms with Gasteiger partial charge in [-0.05, 0) is 74.0 Å². The number of carboxylic acid groups (broad SMARTS) is 2. The third-order valence-electron chi connectivity index (χ3n) is 7.15. The van der Waals surface area contributed by atoms with Crippen molar-refractivity contribution in [2.24, 2.45) is 7.05 Å². The Kier molecular flexibility index (Phi) is 11.1. The molecule has 41 heavy (non-hydrogen) atoms. The van der Waals surface area contributed by atoms with Crippen molar-refractivity contribution < 1.29 is 33.0 Å². The molecule has 0 saturated carbocycles. The third kappa shape index (κ3) is 8.17. The van der Waals surface area contributed by atoms with E-state index in [9.17, 15) is 8.42 Å². The molecule has 3 aromatic rings. The Labute approximate surface area is 241 Å². The fourth-order valence-corrected chi connectivity index (χ4v) is 6.72. The fourth-order valence-electron chi connectivity index (χ4n) is 5.15. The molecule has 10 nitrogen and oxygen atoms in total. The molecule has 0 saturated heterocycles. The Bertz CT molecular complexity index is 1420. The maximum atomic E-state index is 13.2. The number of sulfone groups is 1. The van der Waals surface area contributed by atoms with Crippen LogP contribution in [0.3, 0.4) is 0 Å². The number of benzene rings is 2. The molecule has 1 unspecified atom stereocenters. The van der Waals surface area contributed by atoms with E-state index < -0.39 is 21.8 Å². The van der Waals surface area contributed by atoms with Gasteiger partial charge in [-0.3, -0.25) is 9.58 Å². The second-order valence-corrected chi connectivity index (χ2v) is 12.3. The summed E-state index contributed by atoms with van der Waals surface area (Å²) in [5.74, 6) is -2.91. The van der Waals surface area contributed by atoms with Crippen LogP contribution in [0, 0.1) is 0 Å². The number of aliphatic carboxylic acids is 2. The molecule has 0 amide bonds. The van der Waals surface area contributed by atoms with Gasteiger partial charge in [0.05, 0.1) is 23.4 Å². The normalized spacial score (nSPS) is 15.0. The summed E-state index contributed by atoms with van der Waals surface area (Å²) in [6, 6.07) is 16.0. The molecule has 0 aliphatic heterocycles. The molecule has 0 fully saturated rings. The molecule has 2 N–H and O–H groups in total. The van der Waals surface area contributed by atoms with Gasteiger partial charge in [0.25, 0.3) is 0 Å². The number of carbonyl (C=O) groups is 2. The zero-order valence-corrected chi connectivity index (χ0v) is 24.8. The highest BCUT2D eigenvalue weighted by Crippen LogP contribution is 2.33. The van der Waals surface area contributed by atoms with Crippen molar-refractivity contribution in [1.29, 1.82) is 0 Å². The van der Waals surface area contributed by atoms with Crippen molar-refractivity contribution in [2.45, 2.75) is 67.7 Å². The second kappa shape index (κ2) is 14.3. The number of hydrogen-bond acceptors (Lipinski definition) is 7.